The Morgan fingerprint density at radius 1 is 1.69 bits per heavy atom. The number of hydrogen-bond acceptors (Lipinski definition) is 1. The normalized spacial score (nSPS) is 14.3. The molecule has 0 bridgehead atoms. The van der Waals surface area contributed by atoms with E-state index >= 15 is 0 Å². The molecule has 13 heavy (non-hydrogen) atoms. The molecule has 0 saturated heterocycles. The van der Waals surface area contributed by atoms with Gasteiger partial charge in [-0.05, 0) is 6.42 Å². The maximum absolute atomic E-state index is 11.4. The van der Waals surface area contributed by atoms with Gasteiger partial charge in [0, 0.05) is 24.3 Å². The van der Waals surface area contributed by atoms with Crippen LogP contribution >= 0.6 is 11.6 Å². The van der Waals surface area contributed by atoms with Crippen LogP contribution in [-0.4, -0.2) is 17.8 Å². The van der Waals surface area contributed by atoms with E-state index in [0.717, 1.165) is 6.42 Å². The molecule has 74 valence electrons. The van der Waals surface area contributed by atoms with E-state index in [2.05, 4.69) is 11.2 Å². The van der Waals surface area contributed by atoms with Crippen molar-refractivity contribution in [1.82, 2.24) is 5.32 Å². The SMILES string of the molecule is C#CCC(CC)NC(=O)C(C)CCl. The van der Waals surface area contributed by atoms with Crippen molar-refractivity contribution in [2.24, 2.45) is 5.92 Å². The van der Waals surface area contributed by atoms with Crippen molar-refractivity contribution < 1.29 is 4.79 Å². The largest absolute Gasteiger partial charge is 0.352 e. The van der Waals surface area contributed by atoms with Crippen molar-refractivity contribution in [3.8, 4) is 12.3 Å². The van der Waals surface area contributed by atoms with Gasteiger partial charge in [0.15, 0.2) is 0 Å². The lowest BCUT2D eigenvalue weighted by Crippen LogP contribution is -2.38. The van der Waals surface area contributed by atoms with Crippen LogP contribution in [0.3, 0.4) is 0 Å². The quantitative estimate of drug-likeness (QED) is 0.533. The third-order valence-electron chi connectivity index (χ3n) is 1.88. The summed E-state index contributed by atoms with van der Waals surface area (Å²) < 4.78 is 0. The smallest absolute Gasteiger partial charge is 0.224 e. The van der Waals surface area contributed by atoms with Crippen molar-refractivity contribution in [3.63, 3.8) is 0 Å². The van der Waals surface area contributed by atoms with Crippen molar-refractivity contribution in [3.05, 3.63) is 0 Å². The number of alkyl halides is 1. The van der Waals surface area contributed by atoms with Crippen molar-refractivity contribution in [1.29, 1.82) is 0 Å². The summed E-state index contributed by atoms with van der Waals surface area (Å²) in [7, 11) is 0. The summed E-state index contributed by atoms with van der Waals surface area (Å²) in [6, 6.07) is 0.0863. The molecule has 2 unspecified atom stereocenters. The fourth-order valence-corrected chi connectivity index (χ4v) is 0.993. The number of hydrogen-bond donors (Lipinski definition) is 1. The molecule has 0 fully saturated rings. The van der Waals surface area contributed by atoms with Gasteiger partial charge in [0.2, 0.25) is 5.91 Å². The highest BCUT2D eigenvalue weighted by Crippen LogP contribution is 2.02. The second kappa shape index (κ2) is 6.80. The summed E-state index contributed by atoms with van der Waals surface area (Å²) in [6.45, 7) is 3.79. The Labute approximate surface area is 85.0 Å². The van der Waals surface area contributed by atoms with Crippen LogP contribution in [0, 0.1) is 18.3 Å². The van der Waals surface area contributed by atoms with Crippen LogP contribution in [0.15, 0.2) is 0 Å². The van der Waals surface area contributed by atoms with Gasteiger partial charge in [-0.15, -0.1) is 23.9 Å². The fraction of sp³-hybridized carbons (Fsp3) is 0.700. The Morgan fingerprint density at radius 3 is 2.69 bits per heavy atom. The highest BCUT2D eigenvalue weighted by Gasteiger charge is 2.14. The summed E-state index contributed by atoms with van der Waals surface area (Å²) >= 11 is 5.55. The summed E-state index contributed by atoms with van der Waals surface area (Å²) in [6.07, 6.45) is 6.59. The predicted octanol–water partition coefficient (Wildman–Crippen LogP) is 1.78. The molecule has 3 heteroatoms. The monoisotopic (exact) mass is 201 g/mol. The summed E-state index contributed by atoms with van der Waals surface area (Å²) in [5.41, 5.74) is 0. The average Bonchev–Trinajstić information content (AvgIpc) is 2.15. The zero-order valence-corrected chi connectivity index (χ0v) is 8.90. The van der Waals surface area contributed by atoms with E-state index in [1.165, 1.54) is 0 Å². The minimum atomic E-state index is -0.145. The Hall–Kier alpha value is -0.680. The first-order valence-corrected chi connectivity index (χ1v) is 4.98. The van der Waals surface area contributed by atoms with E-state index in [1.807, 2.05) is 6.92 Å². The second-order valence-electron chi connectivity index (χ2n) is 3.08. The molecule has 2 nitrogen and oxygen atoms in total. The van der Waals surface area contributed by atoms with E-state index in [4.69, 9.17) is 18.0 Å². The Kier molecular flexibility index (Phi) is 6.44. The lowest BCUT2D eigenvalue weighted by molar-refractivity contribution is -0.124. The molecule has 0 aromatic rings. The molecular weight excluding hydrogens is 186 g/mol. The second-order valence-corrected chi connectivity index (χ2v) is 3.39. The van der Waals surface area contributed by atoms with Crippen LogP contribution in [0.25, 0.3) is 0 Å². The van der Waals surface area contributed by atoms with Gasteiger partial charge in [0.25, 0.3) is 0 Å². The van der Waals surface area contributed by atoms with Gasteiger partial charge >= 0.3 is 0 Å². The summed E-state index contributed by atoms with van der Waals surface area (Å²) in [5, 5.41) is 2.85. The molecule has 1 N–H and O–H groups in total. The molecule has 0 aliphatic rings. The molecule has 0 spiro atoms. The molecular formula is C10H16ClNO. The van der Waals surface area contributed by atoms with Gasteiger partial charge < -0.3 is 5.32 Å². The molecule has 0 aliphatic heterocycles. The number of nitrogens with one attached hydrogen (secondary N) is 1. The maximum atomic E-state index is 11.4. The molecule has 1 amide bonds. The van der Waals surface area contributed by atoms with Crippen molar-refractivity contribution in [2.45, 2.75) is 32.7 Å². The molecule has 0 rings (SSSR count). The first kappa shape index (κ1) is 12.3. The Morgan fingerprint density at radius 2 is 2.31 bits per heavy atom. The Bertz CT molecular complexity index is 198. The number of amides is 1. The van der Waals surface area contributed by atoms with Crippen LogP contribution in [0.5, 0.6) is 0 Å². The molecule has 0 aliphatic carbocycles. The van der Waals surface area contributed by atoms with E-state index in [-0.39, 0.29) is 17.9 Å². The van der Waals surface area contributed by atoms with Crippen LogP contribution in [-0.2, 0) is 4.79 Å². The maximum Gasteiger partial charge on any atom is 0.224 e. The lowest BCUT2D eigenvalue weighted by atomic mass is 10.1. The minimum Gasteiger partial charge on any atom is -0.352 e. The van der Waals surface area contributed by atoms with E-state index in [9.17, 15) is 4.79 Å². The van der Waals surface area contributed by atoms with Crippen LogP contribution < -0.4 is 5.32 Å². The highest BCUT2D eigenvalue weighted by molar-refractivity contribution is 6.19. The zero-order chi connectivity index (χ0) is 10.3. The number of carbonyl (C=O) groups excluding carboxylic acids is 1. The number of rotatable bonds is 5. The summed E-state index contributed by atoms with van der Waals surface area (Å²) in [5.74, 6) is 2.72. The number of terminal acetylenes is 1. The van der Waals surface area contributed by atoms with Gasteiger partial charge in [0.1, 0.15) is 0 Å². The van der Waals surface area contributed by atoms with Gasteiger partial charge in [-0.1, -0.05) is 13.8 Å². The molecule has 0 aromatic carbocycles. The van der Waals surface area contributed by atoms with E-state index in [0.29, 0.717) is 12.3 Å². The third kappa shape index (κ3) is 4.80. The molecule has 0 heterocycles. The molecule has 2 atom stereocenters. The standard InChI is InChI=1S/C10H16ClNO/c1-4-6-9(5-2)12-10(13)8(3)7-11/h1,8-9H,5-7H2,2-3H3,(H,12,13). The molecule has 0 aromatic heterocycles. The van der Waals surface area contributed by atoms with Gasteiger partial charge in [0.05, 0.1) is 0 Å². The predicted molar refractivity (Wildman–Crippen MR) is 55.6 cm³/mol. The topological polar surface area (TPSA) is 29.1 Å². The zero-order valence-electron chi connectivity index (χ0n) is 8.14. The number of halogens is 1. The first-order chi connectivity index (χ1) is 6.15. The van der Waals surface area contributed by atoms with Crippen molar-refractivity contribution in [2.75, 3.05) is 5.88 Å². The molecule has 0 radical (unpaired) electrons. The Balaban J connectivity index is 3.94. The third-order valence-corrected chi connectivity index (χ3v) is 2.35. The fourth-order valence-electron chi connectivity index (χ4n) is 0.853. The average molecular weight is 202 g/mol. The van der Waals surface area contributed by atoms with E-state index < -0.39 is 0 Å². The van der Waals surface area contributed by atoms with Gasteiger partial charge in [-0.3, -0.25) is 4.79 Å². The minimum absolute atomic E-state index is 0.0166. The molecule has 0 saturated carbocycles. The van der Waals surface area contributed by atoms with Gasteiger partial charge in [-0.25, -0.2) is 0 Å². The highest BCUT2D eigenvalue weighted by atomic mass is 35.5. The van der Waals surface area contributed by atoms with Crippen LogP contribution in [0.1, 0.15) is 26.7 Å². The van der Waals surface area contributed by atoms with Gasteiger partial charge in [-0.2, -0.15) is 0 Å². The lowest BCUT2D eigenvalue weighted by Gasteiger charge is -2.16. The first-order valence-electron chi connectivity index (χ1n) is 4.45. The number of carbonyl (C=O) groups is 1. The van der Waals surface area contributed by atoms with Crippen molar-refractivity contribution >= 4 is 17.5 Å². The van der Waals surface area contributed by atoms with E-state index in [1.54, 1.807) is 6.92 Å². The summed E-state index contributed by atoms with van der Waals surface area (Å²) in [4.78, 5) is 11.4. The van der Waals surface area contributed by atoms with Crippen LogP contribution in [0.2, 0.25) is 0 Å². The van der Waals surface area contributed by atoms with Crippen LogP contribution in [0.4, 0.5) is 0 Å².